The topological polar surface area (TPSA) is 51.0 Å². The predicted octanol–water partition coefficient (Wildman–Crippen LogP) is -0.0127. The van der Waals surface area contributed by atoms with Crippen molar-refractivity contribution in [3.05, 3.63) is 34.0 Å². The van der Waals surface area contributed by atoms with Crippen LogP contribution in [0.4, 0.5) is 0 Å². The number of aryl methyl sites for hydroxylation is 2. The van der Waals surface area contributed by atoms with E-state index in [1.807, 2.05) is 0 Å². The minimum absolute atomic E-state index is 0.0131. The molecule has 1 saturated heterocycles. The maximum absolute atomic E-state index is 11.3. The van der Waals surface area contributed by atoms with Crippen LogP contribution in [0.5, 0.6) is 0 Å². The van der Waals surface area contributed by atoms with Gasteiger partial charge in [-0.2, -0.15) is 0 Å². The van der Waals surface area contributed by atoms with Gasteiger partial charge < -0.3 is 0 Å². The zero-order valence-electron chi connectivity index (χ0n) is 9.84. The zero-order chi connectivity index (χ0) is 12.0. The minimum atomic E-state index is -1.20. The van der Waals surface area contributed by atoms with Gasteiger partial charge in [0.2, 0.25) is 0 Å². The molecule has 0 N–H and O–H groups in total. The van der Waals surface area contributed by atoms with Crippen LogP contribution in [-0.2, 0) is 15.3 Å². The van der Waals surface area contributed by atoms with Gasteiger partial charge in [-0.25, -0.2) is 4.21 Å². The van der Waals surface area contributed by atoms with Crippen LogP contribution in [0.1, 0.15) is 11.1 Å². The smallest absolute Gasteiger partial charge is 0.157 e. The van der Waals surface area contributed by atoms with Crippen LogP contribution in [0, 0.1) is 13.8 Å². The summed E-state index contributed by atoms with van der Waals surface area (Å²) in [7, 11) is 0. The molecule has 0 spiro atoms. The summed E-state index contributed by atoms with van der Waals surface area (Å²) in [6.45, 7) is 4.55. The molecule has 0 radical (unpaired) electrons. The van der Waals surface area contributed by atoms with Crippen molar-refractivity contribution in [1.29, 1.82) is 0 Å². The number of nitrogens with zero attached hydrogens (tertiary/aromatic N) is 2. The van der Waals surface area contributed by atoms with E-state index in [1.165, 1.54) is 11.1 Å². The van der Waals surface area contributed by atoms with E-state index in [1.54, 1.807) is 0 Å². The first kappa shape index (κ1) is 11.0. The summed E-state index contributed by atoms with van der Waals surface area (Å²) in [6.07, 6.45) is 0. The van der Waals surface area contributed by atoms with Crippen molar-refractivity contribution < 1.29 is 8.39 Å². The first-order valence-electron chi connectivity index (χ1n) is 5.68. The van der Waals surface area contributed by atoms with Gasteiger partial charge in [-0.3, -0.25) is 14.2 Å². The summed E-state index contributed by atoms with van der Waals surface area (Å²) in [5.41, 5.74) is 2.44. The van der Waals surface area contributed by atoms with Crippen molar-refractivity contribution >= 4 is 11.1 Å². The van der Waals surface area contributed by atoms with Gasteiger partial charge in [-0.15, -0.1) is 0 Å². The molecule has 3 atom stereocenters. The van der Waals surface area contributed by atoms with Gasteiger partial charge in [-0.1, -0.05) is 0 Å². The monoisotopic (exact) mass is 250 g/mol. The molecule has 1 aromatic carbocycles. The first-order valence-corrected chi connectivity index (χ1v) is 6.92. The third kappa shape index (κ3) is 1.93. The van der Waals surface area contributed by atoms with E-state index in [4.69, 9.17) is 4.18 Å². The fraction of sp³-hybridized carbons (Fsp3) is 0.500. The highest BCUT2D eigenvalue weighted by molar-refractivity contribution is 7.80. The molecular formula is C12H14N2O2S. The summed E-state index contributed by atoms with van der Waals surface area (Å²) >= 11 is -1.20. The van der Waals surface area contributed by atoms with Gasteiger partial charge >= 0.3 is 0 Å². The number of rotatable bonds is 0. The molecule has 2 aliphatic rings. The van der Waals surface area contributed by atoms with Crippen molar-refractivity contribution in [2.45, 2.75) is 25.9 Å². The van der Waals surface area contributed by atoms with Gasteiger partial charge in [0.25, 0.3) is 0 Å². The highest BCUT2D eigenvalue weighted by Gasteiger charge is 2.30. The van der Waals surface area contributed by atoms with Crippen LogP contribution < -0.4 is 10.7 Å². The summed E-state index contributed by atoms with van der Waals surface area (Å²) in [5.74, 6) is 0.459. The molecule has 0 saturated carbocycles. The van der Waals surface area contributed by atoms with Crippen molar-refractivity contribution in [3.8, 4) is 0 Å². The van der Waals surface area contributed by atoms with Crippen molar-refractivity contribution in [1.82, 2.24) is 0 Å². The molecule has 0 amide bonds. The zero-order valence-corrected chi connectivity index (χ0v) is 10.7. The van der Waals surface area contributed by atoms with Crippen LogP contribution in [0.3, 0.4) is 0 Å². The Balaban J connectivity index is 2.15. The van der Waals surface area contributed by atoms with E-state index in [2.05, 4.69) is 36.0 Å². The van der Waals surface area contributed by atoms with Crippen molar-refractivity contribution in [2.24, 2.45) is 9.98 Å². The van der Waals surface area contributed by atoms with Crippen molar-refractivity contribution in [2.75, 3.05) is 12.4 Å². The lowest BCUT2D eigenvalue weighted by Gasteiger charge is -2.26. The molecule has 1 aromatic rings. The largest absolute Gasteiger partial charge is 0.288 e. The molecular weight excluding hydrogens is 236 g/mol. The van der Waals surface area contributed by atoms with Gasteiger partial charge in [0.15, 0.2) is 11.1 Å². The molecule has 0 aromatic heterocycles. The van der Waals surface area contributed by atoms with Crippen LogP contribution in [0.2, 0.25) is 0 Å². The standard InChI is InChI=1S/C12H14N2O2S/c1-7-3-9-10(4-8(7)2)14-12-6-17(15)16-5-11(12)13-9/h3-4,11-12H,5-6H2,1-2H3. The van der Waals surface area contributed by atoms with Gasteiger partial charge in [-0.05, 0) is 37.1 Å². The number of hydrogen-bond donors (Lipinski definition) is 0. The predicted molar refractivity (Wildman–Crippen MR) is 64.8 cm³/mol. The average molecular weight is 250 g/mol. The molecule has 3 unspecified atom stereocenters. The Hall–Kier alpha value is -1.07. The van der Waals surface area contributed by atoms with Gasteiger partial charge in [0.05, 0.1) is 35.2 Å². The van der Waals surface area contributed by atoms with Crippen LogP contribution in [0.15, 0.2) is 22.1 Å². The first-order chi connectivity index (χ1) is 8.13. The molecule has 3 rings (SSSR count). The molecule has 2 heterocycles. The molecule has 90 valence electrons. The van der Waals surface area contributed by atoms with E-state index < -0.39 is 11.1 Å². The Labute approximate surface area is 102 Å². The van der Waals surface area contributed by atoms with Crippen molar-refractivity contribution in [3.63, 3.8) is 0 Å². The lowest BCUT2D eigenvalue weighted by Crippen LogP contribution is -2.46. The lowest BCUT2D eigenvalue weighted by atomic mass is 10.1. The fourth-order valence-corrected chi connectivity index (χ4v) is 3.11. The molecule has 5 heteroatoms. The average Bonchev–Trinajstić information content (AvgIpc) is 2.28. The van der Waals surface area contributed by atoms with Gasteiger partial charge in [0.1, 0.15) is 0 Å². The van der Waals surface area contributed by atoms with E-state index >= 15 is 0 Å². The highest BCUT2D eigenvalue weighted by Crippen LogP contribution is 2.14. The Morgan fingerprint density at radius 3 is 2.41 bits per heavy atom. The normalized spacial score (nSPS) is 30.8. The summed E-state index contributed by atoms with van der Waals surface area (Å²) < 4.78 is 16.5. The molecule has 0 bridgehead atoms. The van der Waals surface area contributed by atoms with E-state index in [-0.39, 0.29) is 12.1 Å². The highest BCUT2D eigenvalue weighted by atomic mass is 32.2. The fourth-order valence-electron chi connectivity index (χ4n) is 2.15. The Morgan fingerprint density at radius 2 is 1.76 bits per heavy atom. The maximum Gasteiger partial charge on any atom is 0.157 e. The summed E-state index contributed by atoms with van der Waals surface area (Å²) in [4.78, 5) is 9.30. The summed E-state index contributed by atoms with van der Waals surface area (Å²) in [5, 5.41) is 1.86. The van der Waals surface area contributed by atoms with Crippen LogP contribution in [0.25, 0.3) is 0 Å². The molecule has 4 nitrogen and oxygen atoms in total. The van der Waals surface area contributed by atoms with E-state index in [9.17, 15) is 4.21 Å². The maximum atomic E-state index is 11.3. The number of hydrogen-bond acceptors (Lipinski definition) is 4. The SMILES string of the molecule is Cc1cc2c(cc1C)=NC1CS(=O)OCC1N=2. The summed E-state index contributed by atoms with van der Waals surface area (Å²) in [6, 6.07) is 4.17. The Morgan fingerprint density at radius 1 is 1.18 bits per heavy atom. The Bertz CT molecular complexity index is 612. The molecule has 0 aliphatic carbocycles. The molecule has 2 aliphatic heterocycles. The van der Waals surface area contributed by atoms with E-state index in [0.29, 0.717) is 12.4 Å². The molecule has 1 fully saturated rings. The van der Waals surface area contributed by atoms with Gasteiger partial charge in [0, 0.05) is 0 Å². The minimum Gasteiger partial charge on any atom is -0.288 e. The third-order valence-corrected chi connectivity index (χ3v) is 4.33. The quantitative estimate of drug-likeness (QED) is 0.650. The molecule has 17 heavy (non-hydrogen) atoms. The van der Waals surface area contributed by atoms with Crippen LogP contribution >= 0.6 is 0 Å². The second-order valence-corrected chi connectivity index (χ2v) is 5.75. The number of fused-ring (bicyclic) bond motifs is 2. The second-order valence-electron chi connectivity index (χ2n) is 4.57. The van der Waals surface area contributed by atoms with Crippen LogP contribution in [-0.4, -0.2) is 28.7 Å². The number of benzene rings is 1. The second kappa shape index (κ2) is 3.99. The third-order valence-electron chi connectivity index (χ3n) is 3.32. The lowest BCUT2D eigenvalue weighted by molar-refractivity contribution is 0.270. The van der Waals surface area contributed by atoms with E-state index in [0.717, 1.165) is 10.7 Å². The Kier molecular flexibility index (Phi) is 2.60.